The van der Waals surface area contributed by atoms with Crippen molar-refractivity contribution in [1.82, 2.24) is 4.90 Å². The van der Waals surface area contributed by atoms with E-state index in [1.165, 1.54) is 32.4 Å². The number of hydrogen-bond acceptors (Lipinski definition) is 2. The van der Waals surface area contributed by atoms with E-state index in [1.807, 2.05) is 18.2 Å². The van der Waals surface area contributed by atoms with Crippen LogP contribution < -0.4 is 0 Å². The maximum atomic E-state index is 12.2. The van der Waals surface area contributed by atoms with Crippen LogP contribution in [0.4, 0.5) is 0 Å². The zero-order valence-electron chi connectivity index (χ0n) is 11.1. The number of likely N-dealkylation sites (tertiary alicyclic amines) is 1. The first-order valence-electron chi connectivity index (χ1n) is 7.24. The van der Waals surface area contributed by atoms with E-state index in [9.17, 15) is 4.79 Å². The van der Waals surface area contributed by atoms with Crippen LogP contribution in [0.2, 0.25) is 5.02 Å². The fourth-order valence-corrected chi connectivity index (χ4v) is 3.84. The third kappa shape index (κ3) is 2.85. The van der Waals surface area contributed by atoms with Gasteiger partial charge in [-0.25, -0.2) is 0 Å². The van der Waals surface area contributed by atoms with E-state index < -0.39 is 0 Å². The second-order valence-corrected chi connectivity index (χ2v) is 6.27. The highest BCUT2D eigenvalue weighted by Gasteiger charge is 2.35. The molecule has 1 heterocycles. The fourth-order valence-electron chi connectivity index (χ4n) is 3.60. The third-order valence-electron chi connectivity index (χ3n) is 4.63. The molecule has 2 unspecified atom stereocenters. The van der Waals surface area contributed by atoms with Gasteiger partial charge in [-0.3, -0.25) is 4.79 Å². The summed E-state index contributed by atoms with van der Waals surface area (Å²) in [6.07, 6.45) is 4.77. The lowest BCUT2D eigenvalue weighted by molar-refractivity contribution is 0.0967. The summed E-state index contributed by atoms with van der Waals surface area (Å²) >= 11 is 6.06. The molecule has 0 aromatic heterocycles. The average Bonchev–Trinajstić information content (AvgIpc) is 2.97. The molecule has 0 spiro atoms. The molecule has 0 bridgehead atoms. The molecule has 3 rings (SSSR count). The van der Waals surface area contributed by atoms with Gasteiger partial charge in [-0.05, 0) is 36.8 Å². The molecule has 1 aliphatic carbocycles. The maximum Gasteiger partial charge on any atom is 0.165 e. The van der Waals surface area contributed by atoms with Crippen molar-refractivity contribution in [3.63, 3.8) is 0 Å². The Morgan fingerprint density at radius 3 is 2.58 bits per heavy atom. The van der Waals surface area contributed by atoms with Crippen LogP contribution >= 0.6 is 11.6 Å². The molecule has 2 fully saturated rings. The Morgan fingerprint density at radius 2 is 1.89 bits per heavy atom. The molecular weight excluding hydrogens is 258 g/mol. The normalized spacial score (nSPS) is 26.6. The number of carbonyl (C=O) groups is 1. The number of halogens is 1. The van der Waals surface area contributed by atoms with Gasteiger partial charge in [-0.1, -0.05) is 30.2 Å². The lowest BCUT2D eigenvalue weighted by Crippen LogP contribution is -2.24. The average molecular weight is 278 g/mol. The largest absolute Gasteiger partial charge is 0.302 e. The highest BCUT2D eigenvalue weighted by Crippen LogP contribution is 2.37. The standard InChI is InChI=1S/C16H20ClNO/c17-15-7-2-1-6-14(15)16(19)8-9-18-10-12-4-3-5-13(12)11-18/h1-2,6-7,12-13H,3-5,8-11H2. The molecule has 0 N–H and O–H groups in total. The number of nitrogens with zero attached hydrogens (tertiary/aromatic N) is 1. The van der Waals surface area contributed by atoms with Crippen molar-refractivity contribution in [3.8, 4) is 0 Å². The number of fused-ring (bicyclic) bond motifs is 1. The Kier molecular flexibility index (Phi) is 3.90. The summed E-state index contributed by atoms with van der Waals surface area (Å²) in [7, 11) is 0. The van der Waals surface area contributed by atoms with Gasteiger partial charge < -0.3 is 4.90 Å². The van der Waals surface area contributed by atoms with Crippen LogP contribution in [0.25, 0.3) is 0 Å². The van der Waals surface area contributed by atoms with Crippen molar-refractivity contribution in [2.24, 2.45) is 11.8 Å². The minimum absolute atomic E-state index is 0.169. The molecule has 0 radical (unpaired) electrons. The van der Waals surface area contributed by atoms with Crippen LogP contribution in [0, 0.1) is 11.8 Å². The van der Waals surface area contributed by atoms with Crippen molar-refractivity contribution in [2.75, 3.05) is 19.6 Å². The number of ketones is 1. The van der Waals surface area contributed by atoms with Gasteiger partial charge in [0, 0.05) is 31.6 Å². The molecular formula is C16H20ClNO. The van der Waals surface area contributed by atoms with E-state index in [0.29, 0.717) is 17.0 Å². The molecule has 2 aliphatic rings. The lowest BCUT2D eigenvalue weighted by Gasteiger charge is -2.16. The van der Waals surface area contributed by atoms with E-state index in [4.69, 9.17) is 11.6 Å². The van der Waals surface area contributed by atoms with Gasteiger partial charge in [0.05, 0.1) is 5.02 Å². The van der Waals surface area contributed by atoms with Crippen molar-refractivity contribution >= 4 is 17.4 Å². The first kappa shape index (κ1) is 13.1. The van der Waals surface area contributed by atoms with Crippen molar-refractivity contribution in [3.05, 3.63) is 34.9 Å². The summed E-state index contributed by atoms with van der Waals surface area (Å²) in [5, 5.41) is 0.575. The van der Waals surface area contributed by atoms with Crippen LogP contribution in [0.5, 0.6) is 0 Å². The smallest absolute Gasteiger partial charge is 0.165 e. The Balaban J connectivity index is 1.53. The van der Waals surface area contributed by atoms with Crippen LogP contribution in [0.1, 0.15) is 36.0 Å². The van der Waals surface area contributed by atoms with Gasteiger partial charge in [0.2, 0.25) is 0 Å². The second-order valence-electron chi connectivity index (χ2n) is 5.86. The third-order valence-corrected chi connectivity index (χ3v) is 4.96. The molecule has 1 aromatic rings. The number of carbonyl (C=O) groups excluding carboxylic acids is 1. The van der Waals surface area contributed by atoms with Crippen LogP contribution in [-0.4, -0.2) is 30.3 Å². The first-order chi connectivity index (χ1) is 9.24. The summed E-state index contributed by atoms with van der Waals surface area (Å²) < 4.78 is 0. The van der Waals surface area contributed by atoms with E-state index in [2.05, 4.69) is 4.90 Å². The summed E-state index contributed by atoms with van der Waals surface area (Å²) in [4.78, 5) is 14.6. The van der Waals surface area contributed by atoms with Crippen molar-refractivity contribution in [2.45, 2.75) is 25.7 Å². The summed E-state index contributed by atoms with van der Waals surface area (Å²) in [5.74, 6) is 1.97. The molecule has 3 heteroatoms. The Labute approximate surface area is 119 Å². The lowest BCUT2D eigenvalue weighted by atomic mass is 10.0. The minimum Gasteiger partial charge on any atom is -0.302 e. The highest BCUT2D eigenvalue weighted by molar-refractivity contribution is 6.33. The summed E-state index contributed by atoms with van der Waals surface area (Å²) in [5.41, 5.74) is 0.670. The van der Waals surface area contributed by atoms with Gasteiger partial charge in [-0.2, -0.15) is 0 Å². The Bertz CT molecular complexity index is 462. The molecule has 1 aliphatic heterocycles. The predicted molar refractivity (Wildman–Crippen MR) is 77.7 cm³/mol. The molecule has 19 heavy (non-hydrogen) atoms. The Hall–Kier alpha value is -0.860. The van der Waals surface area contributed by atoms with Gasteiger partial charge >= 0.3 is 0 Å². The number of rotatable bonds is 4. The van der Waals surface area contributed by atoms with E-state index in [-0.39, 0.29) is 5.78 Å². The second kappa shape index (κ2) is 5.64. The first-order valence-corrected chi connectivity index (χ1v) is 7.62. The molecule has 2 nitrogen and oxygen atoms in total. The molecule has 1 saturated heterocycles. The van der Waals surface area contributed by atoms with Gasteiger partial charge in [-0.15, -0.1) is 0 Å². The summed E-state index contributed by atoms with van der Waals surface area (Å²) in [6.45, 7) is 3.28. The SMILES string of the molecule is O=C(CCN1CC2CCCC2C1)c1ccccc1Cl. The van der Waals surface area contributed by atoms with Crippen LogP contribution in [0.3, 0.4) is 0 Å². The molecule has 1 saturated carbocycles. The van der Waals surface area contributed by atoms with E-state index in [0.717, 1.165) is 18.4 Å². The van der Waals surface area contributed by atoms with Gasteiger partial charge in [0.1, 0.15) is 0 Å². The quantitative estimate of drug-likeness (QED) is 0.783. The minimum atomic E-state index is 0.169. The monoisotopic (exact) mass is 277 g/mol. The van der Waals surface area contributed by atoms with Crippen molar-refractivity contribution < 1.29 is 4.79 Å². The zero-order chi connectivity index (χ0) is 13.2. The van der Waals surface area contributed by atoms with Crippen molar-refractivity contribution in [1.29, 1.82) is 0 Å². The molecule has 2 atom stereocenters. The Morgan fingerprint density at radius 1 is 1.21 bits per heavy atom. The molecule has 0 amide bonds. The van der Waals surface area contributed by atoms with Crippen LogP contribution in [0.15, 0.2) is 24.3 Å². The van der Waals surface area contributed by atoms with Crippen LogP contribution in [-0.2, 0) is 0 Å². The zero-order valence-corrected chi connectivity index (χ0v) is 11.9. The van der Waals surface area contributed by atoms with Gasteiger partial charge in [0.15, 0.2) is 5.78 Å². The van der Waals surface area contributed by atoms with E-state index in [1.54, 1.807) is 6.07 Å². The molecule has 1 aromatic carbocycles. The topological polar surface area (TPSA) is 20.3 Å². The number of Topliss-reactive ketones (excluding diaryl/α,β-unsaturated/α-hetero) is 1. The summed E-state index contributed by atoms with van der Waals surface area (Å²) in [6, 6.07) is 7.35. The highest BCUT2D eigenvalue weighted by atomic mass is 35.5. The predicted octanol–water partition coefficient (Wildman–Crippen LogP) is 3.64. The number of hydrogen-bond donors (Lipinski definition) is 0. The maximum absolute atomic E-state index is 12.2. The van der Waals surface area contributed by atoms with Gasteiger partial charge in [0.25, 0.3) is 0 Å². The van der Waals surface area contributed by atoms with E-state index >= 15 is 0 Å². The number of benzene rings is 1. The molecule has 102 valence electrons. The fraction of sp³-hybridized carbons (Fsp3) is 0.562.